The normalized spacial score (nSPS) is 34.2. The van der Waals surface area contributed by atoms with Gasteiger partial charge in [-0.15, -0.1) is 0 Å². The summed E-state index contributed by atoms with van der Waals surface area (Å²) in [7, 11) is 0. The number of aliphatic hydroxyl groups is 1. The molecule has 2 heterocycles. The average molecular weight is 172 g/mol. The maximum absolute atomic E-state index is 8.92. The Kier molecular flexibility index (Phi) is 2.32. The van der Waals surface area contributed by atoms with Crippen molar-refractivity contribution in [2.24, 2.45) is 0 Å². The van der Waals surface area contributed by atoms with E-state index in [0.717, 1.165) is 25.9 Å². The van der Waals surface area contributed by atoms with Crippen molar-refractivity contribution >= 4 is 0 Å². The molecule has 0 saturated carbocycles. The minimum Gasteiger partial charge on any atom is -0.395 e. The molecule has 4 heteroatoms. The molecule has 3 N–H and O–H groups in total. The fourth-order valence-electron chi connectivity index (χ4n) is 1.93. The summed E-state index contributed by atoms with van der Waals surface area (Å²) >= 11 is 0. The second kappa shape index (κ2) is 3.30. The molecule has 2 aliphatic rings. The third-order valence-corrected chi connectivity index (χ3v) is 2.66. The summed E-state index contributed by atoms with van der Waals surface area (Å²) in [6, 6.07) is 0.142. The zero-order valence-electron chi connectivity index (χ0n) is 7.18. The van der Waals surface area contributed by atoms with Gasteiger partial charge in [-0.25, -0.2) is 0 Å². The quantitative estimate of drug-likeness (QED) is 0.477. The zero-order chi connectivity index (χ0) is 8.44. The molecule has 12 heavy (non-hydrogen) atoms. The van der Waals surface area contributed by atoms with Crippen LogP contribution in [0.4, 0.5) is 0 Å². The smallest absolute Gasteiger partial charge is 0.122 e. The molecule has 0 bridgehead atoms. The van der Waals surface area contributed by atoms with Gasteiger partial charge in [0, 0.05) is 12.8 Å². The predicted molar refractivity (Wildman–Crippen MR) is 44.8 cm³/mol. The lowest BCUT2D eigenvalue weighted by atomic mass is 10.0. The first-order valence-corrected chi connectivity index (χ1v) is 4.58. The van der Waals surface area contributed by atoms with E-state index in [1.54, 1.807) is 0 Å². The maximum Gasteiger partial charge on any atom is 0.122 e. The molecular weight excluding hydrogens is 156 g/mol. The Morgan fingerprint density at radius 1 is 1.42 bits per heavy atom. The van der Waals surface area contributed by atoms with Gasteiger partial charge >= 0.3 is 0 Å². The van der Waals surface area contributed by atoms with E-state index in [1.165, 1.54) is 0 Å². The van der Waals surface area contributed by atoms with E-state index in [-0.39, 0.29) is 18.4 Å². The van der Waals surface area contributed by atoms with Gasteiger partial charge in [-0.3, -0.25) is 5.32 Å². The van der Waals surface area contributed by atoms with Crippen molar-refractivity contribution in [2.75, 3.05) is 26.3 Å². The highest BCUT2D eigenvalue weighted by Gasteiger charge is 2.39. The van der Waals surface area contributed by atoms with E-state index < -0.39 is 0 Å². The van der Waals surface area contributed by atoms with Gasteiger partial charge in [0.25, 0.3) is 0 Å². The number of aliphatic hydroxyl groups excluding tert-OH is 1. The van der Waals surface area contributed by atoms with Gasteiger partial charge in [0.1, 0.15) is 5.72 Å². The van der Waals surface area contributed by atoms with Crippen LogP contribution in [-0.2, 0) is 4.74 Å². The number of hydrogen-bond acceptors (Lipinski definition) is 4. The van der Waals surface area contributed by atoms with Crippen molar-refractivity contribution in [1.82, 2.24) is 10.6 Å². The summed E-state index contributed by atoms with van der Waals surface area (Å²) in [6.07, 6.45) is 2.01. The first-order chi connectivity index (χ1) is 5.85. The first kappa shape index (κ1) is 8.44. The molecule has 1 atom stereocenters. The van der Waals surface area contributed by atoms with Gasteiger partial charge in [-0.1, -0.05) is 0 Å². The van der Waals surface area contributed by atoms with E-state index in [9.17, 15) is 0 Å². The zero-order valence-corrected chi connectivity index (χ0v) is 7.18. The Morgan fingerprint density at radius 3 is 2.75 bits per heavy atom. The molecule has 2 fully saturated rings. The first-order valence-electron chi connectivity index (χ1n) is 4.58. The number of hydrogen-bond donors (Lipinski definition) is 3. The van der Waals surface area contributed by atoms with Gasteiger partial charge in [0.05, 0.1) is 19.3 Å². The fraction of sp³-hybridized carbons (Fsp3) is 1.00. The van der Waals surface area contributed by atoms with Crippen LogP contribution < -0.4 is 10.6 Å². The van der Waals surface area contributed by atoms with E-state index >= 15 is 0 Å². The summed E-state index contributed by atoms with van der Waals surface area (Å²) in [6.45, 7) is 2.84. The molecule has 0 aliphatic carbocycles. The topological polar surface area (TPSA) is 53.5 Å². The Bertz CT molecular complexity index is 157. The summed E-state index contributed by atoms with van der Waals surface area (Å²) in [5.41, 5.74) is -0.126. The Balaban J connectivity index is 1.94. The monoisotopic (exact) mass is 172 g/mol. The maximum atomic E-state index is 8.92. The van der Waals surface area contributed by atoms with Crippen LogP contribution in [0.25, 0.3) is 0 Å². The van der Waals surface area contributed by atoms with Crippen LogP contribution in [-0.4, -0.2) is 43.2 Å². The molecule has 0 aromatic heterocycles. The van der Waals surface area contributed by atoms with Gasteiger partial charge < -0.3 is 15.2 Å². The van der Waals surface area contributed by atoms with Gasteiger partial charge in [0.15, 0.2) is 0 Å². The molecule has 1 unspecified atom stereocenters. The third kappa shape index (κ3) is 1.47. The van der Waals surface area contributed by atoms with E-state index in [0.29, 0.717) is 6.61 Å². The highest BCUT2D eigenvalue weighted by atomic mass is 16.5. The highest BCUT2D eigenvalue weighted by molar-refractivity contribution is 4.91. The molecule has 0 aromatic carbocycles. The van der Waals surface area contributed by atoms with E-state index in [4.69, 9.17) is 9.84 Å². The SMILES string of the molecule is OCC1COC2(CCNCC2)N1. The van der Waals surface area contributed by atoms with Crippen molar-refractivity contribution in [3.63, 3.8) is 0 Å². The van der Waals surface area contributed by atoms with Crippen LogP contribution in [0.3, 0.4) is 0 Å². The van der Waals surface area contributed by atoms with Crippen LogP contribution in [0.15, 0.2) is 0 Å². The molecular formula is C8H16N2O2. The minimum absolute atomic E-state index is 0.126. The second-order valence-electron chi connectivity index (χ2n) is 3.58. The molecule has 0 amide bonds. The lowest BCUT2D eigenvalue weighted by Crippen LogP contribution is -2.51. The molecule has 1 spiro atoms. The van der Waals surface area contributed by atoms with Crippen LogP contribution in [0.5, 0.6) is 0 Å². The van der Waals surface area contributed by atoms with Crippen molar-refractivity contribution < 1.29 is 9.84 Å². The average Bonchev–Trinajstić information content (AvgIpc) is 2.50. The number of piperidine rings is 1. The van der Waals surface area contributed by atoms with E-state index in [2.05, 4.69) is 10.6 Å². The Hall–Kier alpha value is -0.160. The van der Waals surface area contributed by atoms with Gasteiger partial charge in [-0.05, 0) is 13.1 Å². The summed E-state index contributed by atoms with van der Waals surface area (Å²) < 4.78 is 5.67. The van der Waals surface area contributed by atoms with Gasteiger partial charge in [-0.2, -0.15) is 0 Å². The van der Waals surface area contributed by atoms with Gasteiger partial charge in [0.2, 0.25) is 0 Å². The molecule has 2 aliphatic heterocycles. The lowest BCUT2D eigenvalue weighted by molar-refractivity contribution is -0.0331. The summed E-state index contributed by atoms with van der Waals surface area (Å²) in [5, 5.41) is 15.6. The molecule has 2 rings (SSSR count). The molecule has 4 nitrogen and oxygen atoms in total. The van der Waals surface area contributed by atoms with Crippen LogP contribution in [0.2, 0.25) is 0 Å². The van der Waals surface area contributed by atoms with Crippen molar-refractivity contribution in [2.45, 2.75) is 24.6 Å². The van der Waals surface area contributed by atoms with Crippen molar-refractivity contribution in [3.05, 3.63) is 0 Å². The second-order valence-corrected chi connectivity index (χ2v) is 3.58. The van der Waals surface area contributed by atoms with Crippen molar-refractivity contribution in [3.8, 4) is 0 Å². The largest absolute Gasteiger partial charge is 0.395 e. The standard InChI is InChI=1S/C8H16N2O2/c11-5-7-6-12-8(10-7)1-3-9-4-2-8/h7,9-11H,1-6H2. The number of rotatable bonds is 1. The molecule has 0 radical (unpaired) electrons. The van der Waals surface area contributed by atoms with E-state index in [1.807, 2.05) is 0 Å². The molecule has 0 aromatic rings. The van der Waals surface area contributed by atoms with Crippen molar-refractivity contribution in [1.29, 1.82) is 0 Å². The minimum atomic E-state index is -0.126. The highest BCUT2D eigenvalue weighted by Crippen LogP contribution is 2.25. The predicted octanol–water partition coefficient (Wildman–Crippen LogP) is -0.953. The lowest BCUT2D eigenvalue weighted by Gasteiger charge is -2.33. The molecule has 70 valence electrons. The number of nitrogens with one attached hydrogen (secondary N) is 2. The molecule has 2 saturated heterocycles. The number of ether oxygens (including phenoxy) is 1. The van der Waals surface area contributed by atoms with Crippen LogP contribution in [0, 0.1) is 0 Å². The Morgan fingerprint density at radius 2 is 2.17 bits per heavy atom. The van der Waals surface area contributed by atoms with Crippen LogP contribution >= 0.6 is 0 Å². The Labute approximate surface area is 72.3 Å². The fourth-order valence-corrected chi connectivity index (χ4v) is 1.93. The summed E-state index contributed by atoms with van der Waals surface area (Å²) in [4.78, 5) is 0. The third-order valence-electron chi connectivity index (χ3n) is 2.66. The summed E-state index contributed by atoms with van der Waals surface area (Å²) in [5.74, 6) is 0. The van der Waals surface area contributed by atoms with Crippen LogP contribution in [0.1, 0.15) is 12.8 Å².